The summed E-state index contributed by atoms with van der Waals surface area (Å²) in [5, 5.41) is 5.89. The van der Waals surface area contributed by atoms with E-state index in [9.17, 15) is 4.79 Å². The Bertz CT molecular complexity index is 430. The van der Waals surface area contributed by atoms with Gasteiger partial charge in [0, 0.05) is 13.7 Å². The summed E-state index contributed by atoms with van der Waals surface area (Å²) < 4.78 is 10.8. The molecule has 6 heteroatoms. The predicted octanol–water partition coefficient (Wildman–Crippen LogP) is 1.93. The van der Waals surface area contributed by atoms with Crippen LogP contribution >= 0.6 is 12.4 Å². The standard InChI is InChI=1S/C16H26N2O3.ClH/c1-4-14(21-15-7-5-6-13(2)10-15)11-18-16(19)12-17-8-9-20-3;/h5-7,10,14,17H,4,8-9,11-12H2,1-3H3,(H,18,19);1H. The Balaban J connectivity index is 0.00000441. The maximum Gasteiger partial charge on any atom is 0.234 e. The fourth-order valence-electron chi connectivity index (χ4n) is 1.82. The normalized spacial score (nSPS) is 11.4. The van der Waals surface area contributed by atoms with E-state index in [0.717, 1.165) is 17.7 Å². The number of carbonyl (C=O) groups excluding carboxylic acids is 1. The van der Waals surface area contributed by atoms with Crippen LogP contribution in [0.3, 0.4) is 0 Å². The van der Waals surface area contributed by atoms with Crippen molar-refractivity contribution in [2.24, 2.45) is 0 Å². The zero-order chi connectivity index (χ0) is 15.5. The maximum atomic E-state index is 11.7. The van der Waals surface area contributed by atoms with Crippen LogP contribution in [0.15, 0.2) is 24.3 Å². The topological polar surface area (TPSA) is 59.6 Å². The second-order valence-electron chi connectivity index (χ2n) is 4.94. The van der Waals surface area contributed by atoms with Crippen molar-refractivity contribution in [2.75, 3.05) is 33.4 Å². The number of methoxy groups -OCH3 is 1. The van der Waals surface area contributed by atoms with Gasteiger partial charge in [0.25, 0.3) is 0 Å². The average molecular weight is 331 g/mol. The van der Waals surface area contributed by atoms with Gasteiger partial charge in [-0.1, -0.05) is 19.1 Å². The molecule has 0 aromatic heterocycles. The number of aryl methyl sites for hydroxylation is 1. The van der Waals surface area contributed by atoms with Gasteiger partial charge in [0.05, 0.1) is 19.7 Å². The Morgan fingerprint density at radius 1 is 1.36 bits per heavy atom. The van der Waals surface area contributed by atoms with Gasteiger partial charge in [-0.05, 0) is 31.0 Å². The smallest absolute Gasteiger partial charge is 0.234 e. The maximum absolute atomic E-state index is 11.7. The first-order valence-corrected chi connectivity index (χ1v) is 7.35. The molecule has 1 unspecified atom stereocenters. The quantitative estimate of drug-likeness (QED) is 0.644. The minimum absolute atomic E-state index is 0. The molecule has 5 nitrogen and oxygen atoms in total. The van der Waals surface area contributed by atoms with Crippen LogP contribution in [0.5, 0.6) is 5.75 Å². The predicted molar refractivity (Wildman–Crippen MR) is 90.9 cm³/mol. The Labute approximate surface area is 139 Å². The van der Waals surface area contributed by atoms with Gasteiger partial charge in [0.15, 0.2) is 0 Å². The molecule has 1 aromatic carbocycles. The number of benzene rings is 1. The molecule has 0 spiro atoms. The summed E-state index contributed by atoms with van der Waals surface area (Å²) in [5.41, 5.74) is 1.16. The number of carbonyl (C=O) groups is 1. The van der Waals surface area contributed by atoms with E-state index in [4.69, 9.17) is 9.47 Å². The Morgan fingerprint density at radius 3 is 2.77 bits per heavy atom. The third-order valence-electron chi connectivity index (χ3n) is 3.04. The summed E-state index contributed by atoms with van der Waals surface area (Å²) in [6.45, 7) is 6.15. The molecule has 126 valence electrons. The lowest BCUT2D eigenvalue weighted by atomic mass is 10.2. The number of hydrogen-bond acceptors (Lipinski definition) is 4. The molecular weight excluding hydrogens is 304 g/mol. The summed E-state index contributed by atoms with van der Waals surface area (Å²) in [6, 6.07) is 7.93. The van der Waals surface area contributed by atoms with Crippen molar-refractivity contribution >= 4 is 18.3 Å². The Kier molecular flexibility index (Phi) is 11.5. The molecule has 0 heterocycles. The molecule has 0 bridgehead atoms. The molecule has 0 aliphatic carbocycles. The van der Waals surface area contributed by atoms with E-state index in [-0.39, 0.29) is 24.4 Å². The van der Waals surface area contributed by atoms with Crippen molar-refractivity contribution in [3.63, 3.8) is 0 Å². The van der Waals surface area contributed by atoms with Gasteiger partial charge in [-0.25, -0.2) is 0 Å². The highest BCUT2D eigenvalue weighted by molar-refractivity contribution is 5.85. The van der Waals surface area contributed by atoms with Gasteiger partial charge >= 0.3 is 0 Å². The van der Waals surface area contributed by atoms with Gasteiger partial charge in [-0.15, -0.1) is 12.4 Å². The van der Waals surface area contributed by atoms with Crippen molar-refractivity contribution in [1.82, 2.24) is 10.6 Å². The molecule has 0 saturated carbocycles. The van der Waals surface area contributed by atoms with E-state index >= 15 is 0 Å². The second-order valence-corrected chi connectivity index (χ2v) is 4.94. The van der Waals surface area contributed by atoms with Gasteiger partial charge < -0.3 is 20.1 Å². The van der Waals surface area contributed by atoms with Crippen molar-refractivity contribution in [3.8, 4) is 5.75 Å². The summed E-state index contributed by atoms with van der Waals surface area (Å²) in [7, 11) is 1.64. The highest BCUT2D eigenvalue weighted by Crippen LogP contribution is 2.15. The molecular formula is C16H27ClN2O3. The van der Waals surface area contributed by atoms with Gasteiger partial charge in [-0.3, -0.25) is 4.79 Å². The van der Waals surface area contributed by atoms with E-state index in [1.54, 1.807) is 7.11 Å². The first kappa shape index (κ1) is 20.7. The average Bonchev–Trinajstić information content (AvgIpc) is 2.48. The molecule has 0 fully saturated rings. The van der Waals surface area contributed by atoms with Crippen molar-refractivity contribution in [3.05, 3.63) is 29.8 Å². The van der Waals surface area contributed by atoms with E-state index in [2.05, 4.69) is 10.6 Å². The fraction of sp³-hybridized carbons (Fsp3) is 0.562. The lowest BCUT2D eigenvalue weighted by Gasteiger charge is -2.18. The Hall–Kier alpha value is -1.30. The molecule has 22 heavy (non-hydrogen) atoms. The second kappa shape index (κ2) is 12.3. The van der Waals surface area contributed by atoms with E-state index < -0.39 is 0 Å². The van der Waals surface area contributed by atoms with Crippen LogP contribution in [0.1, 0.15) is 18.9 Å². The Morgan fingerprint density at radius 2 is 2.14 bits per heavy atom. The minimum atomic E-state index is -0.0302. The highest BCUT2D eigenvalue weighted by Gasteiger charge is 2.10. The molecule has 0 aliphatic rings. The molecule has 2 N–H and O–H groups in total. The van der Waals surface area contributed by atoms with Gasteiger partial charge in [0.1, 0.15) is 11.9 Å². The summed E-state index contributed by atoms with van der Waals surface area (Å²) in [6.07, 6.45) is 0.820. The minimum Gasteiger partial charge on any atom is -0.489 e. The molecule has 0 radical (unpaired) electrons. The third-order valence-corrected chi connectivity index (χ3v) is 3.04. The monoisotopic (exact) mass is 330 g/mol. The van der Waals surface area contributed by atoms with Crippen molar-refractivity contribution in [2.45, 2.75) is 26.4 Å². The number of nitrogens with one attached hydrogen (secondary N) is 2. The lowest BCUT2D eigenvalue weighted by Crippen LogP contribution is -2.40. The van der Waals surface area contributed by atoms with E-state index in [1.165, 1.54) is 0 Å². The van der Waals surface area contributed by atoms with E-state index in [1.807, 2.05) is 38.1 Å². The zero-order valence-corrected chi connectivity index (χ0v) is 14.4. The first-order valence-electron chi connectivity index (χ1n) is 7.35. The van der Waals surface area contributed by atoms with Gasteiger partial charge in [0.2, 0.25) is 5.91 Å². The number of ether oxygens (including phenoxy) is 2. The summed E-state index contributed by atoms with van der Waals surface area (Å²) >= 11 is 0. The third kappa shape index (κ3) is 8.87. The van der Waals surface area contributed by atoms with Crippen molar-refractivity contribution in [1.29, 1.82) is 0 Å². The van der Waals surface area contributed by atoms with Crippen LogP contribution < -0.4 is 15.4 Å². The SMILES string of the molecule is CCC(CNC(=O)CNCCOC)Oc1cccc(C)c1.Cl. The van der Waals surface area contributed by atoms with Crippen LogP contribution in [-0.4, -0.2) is 45.4 Å². The van der Waals surface area contributed by atoms with Crippen LogP contribution in [0, 0.1) is 6.92 Å². The summed E-state index contributed by atoms with van der Waals surface area (Å²) in [5.74, 6) is 0.812. The molecule has 0 saturated heterocycles. The fourth-order valence-corrected chi connectivity index (χ4v) is 1.82. The summed E-state index contributed by atoms with van der Waals surface area (Å²) in [4.78, 5) is 11.7. The number of halogens is 1. The number of rotatable bonds is 10. The number of amides is 1. The van der Waals surface area contributed by atoms with Crippen LogP contribution in [0.25, 0.3) is 0 Å². The van der Waals surface area contributed by atoms with Crippen molar-refractivity contribution < 1.29 is 14.3 Å². The molecule has 0 aliphatic heterocycles. The molecule has 1 atom stereocenters. The first-order chi connectivity index (χ1) is 10.2. The molecule has 1 rings (SSSR count). The van der Waals surface area contributed by atoms with E-state index in [0.29, 0.717) is 26.2 Å². The molecule has 1 amide bonds. The number of hydrogen-bond donors (Lipinski definition) is 2. The van der Waals surface area contributed by atoms with Crippen LogP contribution in [-0.2, 0) is 9.53 Å². The lowest BCUT2D eigenvalue weighted by molar-refractivity contribution is -0.120. The highest BCUT2D eigenvalue weighted by atomic mass is 35.5. The largest absolute Gasteiger partial charge is 0.489 e. The molecule has 1 aromatic rings. The zero-order valence-electron chi connectivity index (χ0n) is 13.6. The van der Waals surface area contributed by atoms with Crippen LogP contribution in [0.2, 0.25) is 0 Å². The van der Waals surface area contributed by atoms with Crippen LogP contribution in [0.4, 0.5) is 0 Å². The van der Waals surface area contributed by atoms with Gasteiger partial charge in [-0.2, -0.15) is 0 Å².